The average molecular weight is 278 g/mol. The Morgan fingerprint density at radius 3 is 2.56 bits per heavy atom. The standard InChI is InChI=1S/C11H18O6S/c12-10(13)6-9-7-16-11(17-9)5-8-1-3-18(14,15)4-2-8/h8-9,11H,1-7H2,(H,12,13). The van der Waals surface area contributed by atoms with Crippen molar-refractivity contribution in [1.82, 2.24) is 0 Å². The zero-order valence-electron chi connectivity index (χ0n) is 10.1. The lowest BCUT2D eigenvalue weighted by atomic mass is 9.99. The highest BCUT2D eigenvalue weighted by Gasteiger charge is 2.32. The van der Waals surface area contributed by atoms with E-state index in [0.29, 0.717) is 31.8 Å². The summed E-state index contributed by atoms with van der Waals surface area (Å²) in [5.41, 5.74) is 0. The molecule has 2 heterocycles. The maximum Gasteiger partial charge on any atom is 0.306 e. The summed E-state index contributed by atoms with van der Waals surface area (Å²) in [7, 11) is -2.84. The number of carboxylic acids is 1. The summed E-state index contributed by atoms with van der Waals surface area (Å²) in [6.45, 7) is 0.308. The Labute approximate surface area is 106 Å². The second kappa shape index (κ2) is 5.54. The molecule has 2 atom stereocenters. The lowest BCUT2D eigenvalue weighted by molar-refractivity contribution is -0.140. The lowest BCUT2D eigenvalue weighted by Gasteiger charge is -2.23. The van der Waals surface area contributed by atoms with E-state index in [1.165, 1.54) is 0 Å². The van der Waals surface area contributed by atoms with E-state index in [0.717, 1.165) is 0 Å². The predicted octanol–water partition coefficient (Wildman–Crippen LogP) is 0.418. The van der Waals surface area contributed by atoms with Gasteiger partial charge in [-0.2, -0.15) is 0 Å². The van der Waals surface area contributed by atoms with Gasteiger partial charge in [0.05, 0.1) is 30.6 Å². The minimum absolute atomic E-state index is 0.0461. The number of carboxylic acid groups (broad SMARTS) is 1. The molecule has 0 aromatic carbocycles. The Bertz CT molecular complexity index is 390. The summed E-state index contributed by atoms with van der Waals surface area (Å²) in [4.78, 5) is 10.5. The van der Waals surface area contributed by atoms with Gasteiger partial charge in [0.25, 0.3) is 0 Å². The van der Waals surface area contributed by atoms with E-state index in [1.807, 2.05) is 0 Å². The van der Waals surface area contributed by atoms with Crippen LogP contribution in [0.15, 0.2) is 0 Å². The first-order chi connectivity index (χ1) is 8.44. The lowest BCUT2D eigenvalue weighted by Crippen LogP contribution is -2.26. The van der Waals surface area contributed by atoms with Crippen LogP contribution in [0, 0.1) is 5.92 Å². The number of sulfone groups is 1. The highest BCUT2D eigenvalue weighted by atomic mass is 32.2. The summed E-state index contributed by atoms with van der Waals surface area (Å²) in [5, 5.41) is 8.64. The summed E-state index contributed by atoms with van der Waals surface area (Å²) < 4.78 is 33.4. The van der Waals surface area contributed by atoms with E-state index in [-0.39, 0.29) is 30.3 Å². The van der Waals surface area contributed by atoms with Gasteiger partial charge in [0.2, 0.25) is 0 Å². The summed E-state index contributed by atoms with van der Waals surface area (Å²) in [6.07, 6.45) is 1.16. The van der Waals surface area contributed by atoms with Crippen molar-refractivity contribution in [1.29, 1.82) is 0 Å². The highest BCUT2D eigenvalue weighted by molar-refractivity contribution is 7.91. The molecule has 2 rings (SSSR count). The zero-order chi connectivity index (χ0) is 13.2. The van der Waals surface area contributed by atoms with Gasteiger partial charge in [-0.05, 0) is 18.8 Å². The Kier molecular flexibility index (Phi) is 4.24. The minimum Gasteiger partial charge on any atom is -0.481 e. The number of aliphatic carboxylic acids is 1. The van der Waals surface area contributed by atoms with Crippen LogP contribution in [0.25, 0.3) is 0 Å². The summed E-state index contributed by atoms with van der Waals surface area (Å²) in [6, 6.07) is 0. The molecule has 104 valence electrons. The third kappa shape index (κ3) is 3.93. The van der Waals surface area contributed by atoms with Crippen molar-refractivity contribution in [3.8, 4) is 0 Å². The molecule has 2 aliphatic rings. The topological polar surface area (TPSA) is 89.9 Å². The number of hydrogen-bond acceptors (Lipinski definition) is 5. The molecule has 0 aliphatic carbocycles. The molecular formula is C11H18O6S. The highest BCUT2D eigenvalue weighted by Crippen LogP contribution is 2.27. The largest absolute Gasteiger partial charge is 0.481 e. The van der Waals surface area contributed by atoms with Crippen molar-refractivity contribution in [2.45, 2.75) is 38.1 Å². The molecule has 2 saturated heterocycles. The second-order valence-electron chi connectivity index (χ2n) is 4.95. The Balaban J connectivity index is 1.74. The van der Waals surface area contributed by atoms with Crippen molar-refractivity contribution >= 4 is 15.8 Å². The van der Waals surface area contributed by atoms with Crippen molar-refractivity contribution in [2.24, 2.45) is 5.92 Å². The van der Waals surface area contributed by atoms with Crippen molar-refractivity contribution in [3.63, 3.8) is 0 Å². The molecule has 0 spiro atoms. The molecule has 0 aromatic rings. The number of rotatable bonds is 4. The van der Waals surface area contributed by atoms with Crippen molar-refractivity contribution in [2.75, 3.05) is 18.1 Å². The first-order valence-electron chi connectivity index (χ1n) is 6.14. The third-order valence-corrected chi connectivity index (χ3v) is 5.13. The second-order valence-corrected chi connectivity index (χ2v) is 7.25. The van der Waals surface area contributed by atoms with Crippen LogP contribution < -0.4 is 0 Å². The molecule has 0 radical (unpaired) electrons. The molecular weight excluding hydrogens is 260 g/mol. The Morgan fingerprint density at radius 1 is 1.28 bits per heavy atom. The molecule has 0 amide bonds. The van der Waals surface area contributed by atoms with E-state index in [1.54, 1.807) is 0 Å². The summed E-state index contributed by atoms with van der Waals surface area (Å²) in [5.74, 6) is -0.124. The maximum atomic E-state index is 11.3. The van der Waals surface area contributed by atoms with Gasteiger partial charge < -0.3 is 14.6 Å². The fraction of sp³-hybridized carbons (Fsp3) is 0.909. The average Bonchev–Trinajstić information content (AvgIpc) is 2.68. The van der Waals surface area contributed by atoms with Crippen LogP contribution in [0.3, 0.4) is 0 Å². The van der Waals surface area contributed by atoms with Crippen LogP contribution in [0.2, 0.25) is 0 Å². The van der Waals surface area contributed by atoms with Crippen LogP contribution >= 0.6 is 0 Å². The van der Waals surface area contributed by atoms with Crippen LogP contribution in [0.1, 0.15) is 25.7 Å². The molecule has 1 N–H and O–H groups in total. The SMILES string of the molecule is O=C(O)CC1COC(CC2CCS(=O)(=O)CC2)O1. The fourth-order valence-electron chi connectivity index (χ4n) is 2.38. The van der Waals surface area contributed by atoms with Gasteiger partial charge >= 0.3 is 5.97 Å². The molecule has 7 heteroatoms. The smallest absolute Gasteiger partial charge is 0.306 e. The van der Waals surface area contributed by atoms with Gasteiger partial charge in [0.1, 0.15) is 9.84 Å². The van der Waals surface area contributed by atoms with Crippen molar-refractivity contribution < 1.29 is 27.8 Å². The number of ether oxygens (including phenoxy) is 2. The molecule has 0 saturated carbocycles. The molecule has 0 aromatic heterocycles. The van der Waals surface area contributed by atoms with Gasteiger partial charge in [-0.3, -0.25) is 4.79 Å². The first-order valence-corrected chi connectivity index (χ1v) is 7.96. The van der Waals surface area contributed by atoms with Crippen molar-refractivity contribution in [3.05, 3.63) is 0 Å². The van der Waals surface area contributed by atoms with Crippen LogP contribution in [-0.2, 0) is 24.1 Å². The third-order valence-electron chi connectivity index (χ3n) is 3.41. The van der Waals surface area contributed by atoms with Crippen LogP contribution in [0.4, 0.5) is 0 Å². The van der Waals surface area contributed by atoms with E-state index >= 15 is 0 Å². The van der Waals surface area contributed by atoms with Crippen LogP contribution in [-0.4, -0.2) is 50.0 Å². The van der Waals surface area contributed by atoms with E-state index in [9.17, 15) is 13.2 Å². The van der Waals surface area contributed by atoms with Gasteiger partial charge in [0.15, 0.2) is 6.29 Å². The molecule has 6 nitrogen and oxygen atoms in total. The van der Waals surface area contributed by atoms with Gasteiger partial charge in [-0.1, -0.05) is 0 Å². The number of hydrogen-bond donors (Lipinski definition) is 1. The quantitative estimate of drug-likeness (QED) is 0.801. The Hall–Kier alpha value is -0.660. The minimum atomic E-state index is -2.84. The van der Waals surface area contributed by atoms with E-state index in [2.05, 4.69) is 0 Å². The van der Waals surface area contributed by atoms with E-state index in [4.69, 9.17) is 14.6 Å². The molecule has 18 heavy (non-hydrogen) atoms. The molecule has 2 unspecified atom stereocenters. The summed E-state index contributed by atoms with van der Waals surface area (Å²) >= 11 is 0. The normalized spacial score (nSPS) is 32.4. The maximum absolute atomic E-state index is 11.3. The van der Waals surface area contributed by atoms with Gasteiger partial charge in [-0.25, -0.2) is 8.42 Å². The molecule has 0 bridgehead atoms. The van der Waals surface area contributed by atoms with E-state index < -0.39 is 15.8 Å². The zero-order valence-corrected chi connectivity index (χ0v) is 10.9. The van der Waals surface area contributed by atoms with Gasteiger partial charge in [-0.15, -0.1) is 0 Å². The van der Waals surface area contributed by atoms with Crippen LogP contribution in [0.5, 0.6) is 0 Å². The monoisotopic (exact) mass is 278 g/mol. The molecule has 2 aliphatic heterocycles. The number of carbonyl (C=O) groups is 1. The Morgan fingerprint density at radius 2 is 1.94 bits per heavy atom. The first kappa shape index (κ1) is 13.8. The predicted molar refractivity (Wildman–Crippen MR) is 62.9 cm³/mol. The fourth-order valence-corrected chi connectivity index (χ4v) is 3.97. The van der Waals surface area contributed by atoms with Gasteiger partial charge in [0, 0.05) is 6.42 Å². The molecule has 2 fully saturated rings.